The second-order valence-electron chi connectivity index (χ2n) is 11.4. The topological polar surface area (TPSA) is 60.0 Å². The highest BCUT2D eigenvalue weighted by atomic mass is 17.2. The number of benzene rings is 1. The van der Waals surface area contributed by atoms with Crippen LogP contribution in [-0.4, -0.2) is 48.9 Å². The monoisotopic (exact) mass is 454 g/mol. The molecule has 3 heterocycles. The number of piperazine rings is 1. The van der Waals surface area contributed by atoms with Crippen molar-refractivity contribution in [2.24, 2.45) is 17.8 Å². The normalized spacial score (nSPS) is 38.5. The lowest BCUT2D eigenvalue weighted by Gasteiger charge is -2.43. The molecule has 6 heteroatoms. The molecule has 0 aromatic heterocycles. The van der Waals surface area contributed by atoms with E-state index in [1.165, 1.54) is 50.5 Å². The minimum atomic E-state index is -0.249. The highest BCUT2D eigenvalue weighted by Gasteiger charge is 2.47. The van der Waals surface area contributed by atoms with Crippen LogP contribution in [0.4, 0.5) is 4.79 Å². The van der Waals surface area contributed by atoms with E-state index in [2.05, 4.69) is 17.4 Å². The van der Waals surface area contributed by atoms with Gasteiger partial charge < -0.3 is 15.0 Å². The summed E-state index contributed by atoms with van der Waals surface area (Å²) in [6.07, 6.45) is 12.3. The van der Waals surface area contributed by atoms with Gasteiger partial charge in [0.05, 0.1) is 6.10 Å². The largest absolute Gasteiger partial charge is 0.415 e. The molecule has 2 unspecified atom stereocenters. The van der Waals surface area contributed by atoms with E-state index in [9.17, 15) is 4.79 Å². The summed E-state index contributed by atoms with van der Waals surface area (Å²) in [5.41, 5.74) is 1.19. The second-order valence-corrected chi connectivity index (χ2v) is 11.4. The number of ether oxygens (including phenoxy) is 1. The van der Waals surface area contributed by atoms with Crippen molar-refractivity contribution in [1.29, 1.82) is 0 Å². The molecule has 1 N–H and O–H groups in total. The van der Waals surface area contributed by atoms with E-state index in [0.29, 0.717) is 30.9 Å². The zero-order valence-corrected chi connectivity index (χ0v) is 19.7. The number of carbonyl (C=O) groups is 1. The number of fused-ring (bicyclic) bond motifs is 1. The van der Waals surface area contributed by atoms with E-state index in [0.717, 1.165) is 50.1 Å². The Bertz CT molecular complexity index is 825. The minimum absolute atomic E-state index is 0.139. The lowest BCUT2D eigenvalue weighted by Crippen LogP contribution is -2.47. The van der Waals surface area contributed by atoms with Crippen LogP contribution in [0.25, 0.3) is 0 Å². The highest BCUT2D eigenvalue weighted by Crippen LogP contribution is 2.52. The van der Waals surface area contributed by atoms with Gasteiger partial charge in [0.25, 0.3) is 0 Å². The third kappa shape index (κ3) is 4.80. The van der Waals surface area contributed by atoms with Gasteiger partial charge in [-0.25, -0.2) is 14.6 Å². The van der Waals surface area contributed by atoms with Gasteiger partial charge >= 0.3 is 6.09 Å². The molecule has 4 atom stereocenters. The third-order valence-electron chi connectivity index (χ3n) is 8.95. The van der Waals surface area contributed by atoms with Crippen LogP contribution in [0, 0.1) is 17.8 Å². The van der Waals surface area contributed by atoms with Crippen LogP contribution in [0.15, 0.2) is 24.3 Å². The van der Waals surface area contributed by atoms with E-state index < -0.39 is 0 Å². The fourth-order valence-corrected chi connectivity index (χ4v) is 7.59. The lowest BCUT2D eigenvalue weighted by atomic mass is 9.63. The van der Waals surface area contributed by atoms with E-state index >= 15 is 0 Å². The Balaban J connectivity index is 1.12. The summed E-state index contributed by atoms with van der Waals surface area (Å²) in [5.74, 6) is 3.59. The Morgan fingerprint density at radius 2 is 1.70 bits per heavy atom. The van der Waals surface area contributed by atoms with Gasteiger partial charge in [0.2, 0.25) is 0 Å². The summed E-state index contributed by atoms with van der Waals surface area (Å²) >= 11 is 0. The Morgan fingerprint density at radius 1 is 0.970 bits per heavy atom. The molecule has 3 aliphatic carbocycles. The average Bonchev–Trinajstić information content (AvgIpc) is 2.90. The number of rotatable bonds is 2. The van der Waals surface area contributed by atoms with Gasteiger partial charge in [0.1, 0.15) is 11.4 Å². The molecular formula is C27H38N2O4. The van der Waals surface area contributed by atoms with Gasteiger partial charge in [0.15, 0.2) is 0 Å². The van der Waals surface area contributed by atoms with Gasteiger partial charge in [-0.15, -0.1) is 0 Å². The summed E-state index contributed by atoms with van der Waals surface area (Å²) in [7, 11) is 0. The van der Waals surface area contributed by atoms with Gasteiger partial charge in [-0.2, -0.15) is 0 Å². The summed E-state index contributed by atoms with van der Waals surface area (Å²) in [4.78, 5) is 26.7. The number of nitrogens with zero attached hydrogens (tertiary/aromatic N) is 1. The molecule has 6 nitrogen and oxygen atoms in total. The molecule has 7 rings (SSSR count). The van der Waals surface area contributed by atoms with E-state index in [1.54, 1.807) is 4.90 Å². The Hall–Kier alpha value is -1.63. The van der Waals surface area contributed by atoms with Crippen LogP contribution in [-0.2, 0) is 9.78 Å². The van der Waals surface area contributed by atoms with Crippen molar-refractivity contribution in [3.8, 4) is 5.75 Å². The average molecular weight is 455 g/mol. The van der Waals surface area contributed by atoms with Gasteiger partial charge in [-0.05, 0) is 106 Å². The molecule has 1 aromatic rings. The first-order valence-corrected chi connectivity index (χ1v) is 13.3. The maximum Gasteiger partial charge on any atom is 0.415 e. The number of carbonyl (C=O) groups excluding carboxylic acids is 1. The molecule has 1 spiro atoms. The zero-order valence-electron chi connectivity index (χ0n) is 19.7. The quantitative estimate of drug-likeness (QED) is 0.635. The Labute approximate surface area is 197 Å². The summed E-state index contributed by atoms with van der Waals surface area (Å²) in [6.45, 7) is 3.05. The number of hydrogen-bond donors (Lipinski definition) is 1. The predicted molar refractivity (Wildman–Crippen MR) is 125 cm³/mol. The molecule has 6 fully saturated rings. The first-order valence-electron chi connectivity index (χ1n) is 13.3. The molecule has 3 saturated heterocycles. The van der Waals surface area contributed by atoms with Crippen molar-refractivity contribution in [2.75, 3.05) is 26.2 Å². The van der Waals surface area contributed by atoms with Crippen molar-refractivity contribution < 1.29 is 19.3 Å². The van der Waals surface area contributed by atoms with Crippen molar-refractivity contribution >= 4 is 6.09 Å². The number of nitrogens with one attached hydrogen (secondary N) is 1. The standard InChI is InChI=1S/C27H38N2O4/c30-26(29-10-8-28-9-11-29)31-24-5-3-22(4-6-24)23-2-1-7-27(18-23)17-21-13-19-12-20(14-21)16-25(15-19)32-33-27/h3-6,19-21,23,25,28H,1-2,7-18H2/t19?,20?,21?,23-,25?,27+/m1/s1. The Morgan fingerprint density at radius 3 is 2.45 bits per heavy atom. The summed E-state index contributed by atoms with van der Waals surface area (Å²) < 4.78 is 5.63. The van der Waals surface area contributed by atoms with Crippen LogP contribution < -0.4 is 10.1 Å². The fraction of sp³-hybridized carbons (Fsp3) is 0.741. The molecule has 6 aliphatic rings. The summed E-state index contributed by atoms with van der Waals surface area (Å²) in [6, 6.07) is 8.21. The minimum Gasteiger partial charge on any atom is -0.410 e. The van der Waals surface area contributed by atoms with Crippen LogP contribution in [0.1, 0.15) is 75.7 Å². The zero-order chi connectivity index (χ0) is 22.3. The van der Waals surface area contributed by atoms with Crippen LogP contribution >= 0.6 is 0 Å². The van der Waals surface area contributed by atoms with Gasteiger partial charge in [-0.1, -0.05) is 12.1 Å². The number of amides is 1. The van der Waals surface area contributed by atoms with E-state index in [-0.39, 0.29) is 11.7 Å². The lowest BCUT2D eigenvalue weighted by molar-refractivity contribution is -0.394. The molecule has 1 aromatic carbocycles. The van der Waals surface area contributed by atoms with Crippen LogP contribution in [0.5, 0.6) is 5.75 Å². The van der Waals surface area contributed by atoms with Crippen LogP contribution in [0.3, 0.4) is 0 Å². The van der Waals surface area contributed by atoms with Crippen molar-refractivity contribution in [3.63, 3.8) is 0 Å². The fourth-order valence-electron chi connectivity index (χ4n) is 7.59. The highest BCUT2D eigenvalue weighted by molar-refractivity contribution is 5.70. The molecule has 3 saturated carbocycles. The second kappa shape index (κ2) is 9.20. The molecule has 0 radical (unpaired) electrons. The maximum atomic E-state index is 12.4. The predicted octanol–water partition coefficient (Wildman–Crippen LogP) is 5.03. The van der Waals surface area contributed by atoms with Gasteiger partial charge in [-0.3, -0.25) is 0 Å². The van der Waals surface area contributed by atoms with Crippen LogP contribution in [0.2, 0.25) is 0 Å². The molecule has 3 aliphatic heterocycles. The summed E-state index contributed by atoms with van der Waals surface area (Å²) in [5, 5.41) is 3.26. The molecule has 4 bridgehead atoms. The molecule has 180 valence electrons. The van der Waals surface area contributed by atoms with Crippen molar-refractivity contribution in [1.82, 2.24) is 10.2 Å². The third-order valence-corrected chi connectivity index (χ3v) is 8.95. The van der Waals surface area contributed by atoms with Crippen molar-refractivity contribution in [2.45, 2.75) is 81.8 Å². The first-order chi connectivity index (χ1) is 16.1. The molecular weight excluding hydrogens is 416 g/mol. The Kier molecular flexibility index (Phi) is 6.10. The first kappa shape index (κ1) is 21.9. The number of hydrogen-bond acceptors (Lipinski definition) is 5. The SMILES string of the molecule is O=C(Oc1ccc([C@@H]2CCC[C@]3(CC4CC5CC(C4)CC(C5)OO3)C2)cc1)N1CCNCC1. The molecule has 1 amide bonds. The smallest absolute Gasteiger partial charge is 0.410 e. The maximum absolute atomic E-state index is 12.4. The van der Waals surface area contributed by atoms with Crippen molar-refractivity contribution in [3.05, 3.63) is 29.8 Å². The van der Waals surface area contributed by atoms with E-state index in [4.69, 9.17) is 14.5 Å². The van der Waals surface area contributed by atoms with Gasteiger partial charge in [0, 0.05) is 26.2 Å². The molecule has 33 heavy (non-hydrogen) atoms. The van der Waals surface area contributed by atoms with E-state index in [1.807, 2.05) is 12.1 Å².